The number of rotatable bonds is 10. The summed E-state index contributed by atoms with van der Waals surface area (Å²) in [6, 6.07) is 6.37. The number of carbonyl (C=O) groups excluding carboxylic acids is 2. The fraction of sp³-hybridized carbons (Fsp3) is 0.579. The van der Waals surface area contributed by atoms with Crippen molar-refractivity contribution in [3.8, 4) is 0 Å². The van der Waals surface area contributed by atoms with Gasteiger partial charge < -0.3 is 9.47 Å². The predicted molar refractivity (Wildman–Crippen MR) is 89.9 cm³/mol. The molecular weight excluding hydrogens is 311 g/mol. The minimum Gasteiger partial charge on any atom is -0.465 e. The minimum atomic E-state index is -0.472. The van der Waals surface area contributed by atoms with Crippen molar-refractivity contribution in [1.82, 2.24) is 0 Å². The van der Waals surface area contributed by atoms with Crippen LogP contribution in [0.2, 0.25) is 0 Å². The van der Waals surface area contributed by atoms with Crippen LogP contribution in [0, 0.1) is 11.7 Å². The van der Waals surface area contributed by atoms with E-state index in [-0.39, 0.29) is 43.3 Å². The summed E-state index contributed by atoms with van der Waals surface area (Å²) in [5.41, 5.74) is 0.504. The maximum absolute atomic E-state index is 13.4. The molecule has 1 aromatic carbocycles. The van der Waals surface area contributed by atoms with Crippen LogP contribution in [0.25, 0.3) is 0 Å². The van der Waals surface area contributed by atoms with E-state index in [0.717, 1.165) is 12.8 Å². The Balaban J connectivity index is 2.25. The zero-order valence-corrected chi connectivity index (χ0v) is 14.7. The minimum absolute atomic E-state index is 0.00542. The normalized spacial score (nSPS) is 12.0. The van der Waals surface area contributed by atoms with E-state index >= 15 is 0 Å². The van der Waals surface area contributed by atoms with Crippen molar-refractivity contribution in [1.29, 1.82) is 0 Å². The first kappa shape index (κ1) is 20.1. The van der Waals surface area contributed by atoms with Gasteiger partial charge in [0.2, 0.25) is 0 Å². The van der Waals surface area contributed by atoms with Gasteiger partial charge in [-0.25, -0.2) is 4.39 Å². The van der Waals surface area contributed by atoms with Crippen LogP contribution in [0.1, 0.15) is 52.0 Å². The van der Waals surface area contributed by atoms with Crippen molar-refractivity contribution in [3.63, 3.8) is 0 Å². The van der Waals surface area contributed by atoms with E-state index in [1.807, 2.05) is 20.8 Å². The van der Waals surface area contributed by atoms with Crippen LogP contribution in [0.5, 0.6) is 0 Å². The molecule has 0 heterocycles. The largest absolute Gasteiger partial charge is 0.465 e. The highest BCUT2D eigenvalue weighted by Gasteiger charge is 2.18. The van der Waals surface area contributed by atoms with Crippen LogP contribution < -0.4 is 0 Å². The average molecular weight is 338 g/mol. The fourth-order valence-electron chi connectivity index (χ4n) is 2.29. The van der Waals surface area contributed by atoms with Crippen molar-refractivity contribution in [2.24, 2.45) is 5.92 Å². The molecule has 0 aromatic heterocycles. The molecule has 0 saturated carbocycles. The van der Waals surface area contributed by atoms with E-state index in [1.165, 1.54) is 6.07 Å². The van der Waals surface area contributed by atoms with Crippen molar-refractivity contribution >= 4 is 11.9 Å². The summed E-state index contributed by atoms with van der Waals surface area (Å²) in [5, 5.41) is 0. The van der Waals surface area contributed by atoms with Crippen LogP contribution in [-0.2, 0) is 25.5 Å². The smallest absolute Gasteiger partial charge is 0.306 e. The maximum Gasteiger partial charge on any atom is 0.306 e. The molecule has 0 aliphatic carbocycles. The second-order valence-electron chi connectivity index (χ2n) is 6.12. The highest BCUT2D eigenvalue weighted by molar-refractivity contribution is 5.77. The average Bonchev–Trinajstić information content (AvgIpc) is 2.54. The van der Waals surface area contributed by atoms with Crippen LogP contribution in [0.4, 0.5) is 4.39 Å². The highest BCUT2D eigenvalue weighted by atomic mass is 19.1. The number of hydrogen-bond donors (Lipinski definition) is 0. The first-order valence-electron chi connectivity index (χ1n) is 8.52. The van der Waals surface area contributed by atoms with Crippen LogP contribution in [0.3, 0.4) is 0 Å². The van der Waals surface area contributed by atoms with Gasteiger partial charge in [-0.15, -0.1) is 0 Å². The summed E-state index contributed by atoms with van der Waals surface area (Å²) in [5.74, 6) is -0.914. The Kier molecular flexibility index (Phi) is 9.05. The Morgan fingerprint density at radius 3 is 2.42 bits per heavy atom. The van der Waals surface area contributed by atoms with E-state index in [4.69, 9.17) is 9.47 Å². The molecule has 0 saturated heterocycles. The third-order valence-corrected chi connectivity index (χ3v) is 3.73. The number of benzene rings is 1. The summed E-state index contributed by atoms with van der Waals surface area (Å²) in [6.45, 7) is 6.14. The molecule has 0 aliphatic rings. The Labute approximate surface area is 143 Å². The highest BCUT2D eigenvalue weighted by Crippen LogP contribution is 2.14. The van der Waals surface area contributed by atoms with Gasteiger partial charge in [0.25, 0.3) is 0 Å². The molecule has 1 rings (SSSR count). The third-order valence-electron chi connectivity index (χ3n) is 3.73. The Morgan fingerprint density at radius 1 is 1.12 bits per heavy atom. The van der Waals surface area contributed by atoms with Crippen molar-refractivity contribution in [2.45, 2.75) is 59.0 Å². The van der Waals surface area contributed by atoms with Gasteiger partial charge in [-0.3, -0.25) is 9.59 Å². The lowest BCUT2D eigenvalue weighted by atomic mass is 10.0. The monoisotopic (exact) mass is 338 g/mol. The van der Waals surface area contributed by atoms with Gasteiger partial charge in [0.05, 0.1) is 19.4 Å². The quantitative estimate of drug-likeness (QED) is 0.604. The summed E-state index contributed by atoms with van der Waals surface area (Å²) in [4.78, 5) is 23.4. The summed E-state index contributed by atoms with van der Waals surface area (Å²) >= 11 is 0. The molecule has 5 heteroatoms. The Bertz CT molecular complexity index is 528. The van der Waals surface area contributed by atoms with Crippen LogP contribution in [0.15, 0.2) is 24.3 Å². The second kappa shape index (κ2) is 10.8. The summed E-state index contributed by atoms with van der Waals surface area (Å²) in [7, 11) is 0. The lowest BCUT2D eigenvalue weighted by Gasteiger charge is -2.20. The van der Waals surface area contributed by atoms with E-state index in [0.29, 0.717) is 12.0 Å². The van der Waals surface area contributed by atoms with Crippen LogP contribution in [-0.4, -0.2) is 24.6 Å². The molecule has 24 heavy (non-hydrogen) atoms. The number of esters is 2. The van der Waals surface area contributed by atoms with E-state index in [2.05, 4.69) is 0 Å². The molecule has 1 aromatic rings. The zero-order chi connectivity index (χ0) is 17.9. The maximum atomic E-state index is 13.4. The third kappa shape index (κ3) is 7.57. The van der Waals surface area contributed by atoms with Crippen molar-refractivity contribution in [3.05, 3.63) is 35.6 Å². The van der Waals surface area contributed by atoms with Gasteiger partial charge in [-0.1, -0.05) is 45.4 Å². The number of ether oxygens (including phenoxy) is 2. The molecule has 134 valence electrons. The topological polar surface area (TPSA) is 52.6 Å². The van der Waals surface area contributed by atoms with E-state index in [9.17, 15) is 14.0 Å². The summed E-state index contributed by atoms with van der Waals surface area (Å²) < 4.78 is 23.8. The first-order valence-corrected chi connectivity index (χ1v) is 8.52. The van der Waals surface area contributed by atoms with Crippen molar-refractivity contribution < 1.29 is 23.5 Å². The lowest BCUT2D eigenvalue weighted by molar-refractivity contribution is -0.155. The van der Waals surface area contributed by atoms with Gasteiger partial charge in [0, 0.05) is 6.42 Å². The molecule has 1 unspecified atom stereocenters. The number of carbonyl (C=O) groups is 2. The predicted octanol–water partition coefficient (Wildman–Crippen LogP) is 4.06. The van der Waals surface area contributed by atoms with Gasteiger partial charge in [-0.05, 0) is 24.0 Å². The molecule has 0 aliphatic heterocycles. The molecule has 1 atom stereocenters. The Hall–Kier alpha value is -1.91. The first-order chi connectivity index (χ1) is 11.4. The standard InChI is InChI=1S/C19H27FO4/c1-4-7-17(14(2)3)24-19(22)11-10-18(21)23-13-12-15-8-5-6-9-16(15)20/h5-6,8-9,14,17H,4,7,10-13H2,1-3H3. The molecule has 0 bridgehead atoms. The second-order valence-corrected chi connectivity index (χ2v) is 6.12. The molecule has 0 N–H and O–H groups in total. The Morgan fingerprint density at radius 2 is 1.79 bits per heavy atom. The fourth-order valence-corrected chi connectivity index (χ4v) is 2.29. The molecule has 0 radical (unpaired) electrons. The molecule has 0 fully saturated rings. The number of hydrogen-bond acceptors (Lipinski definition) is 4. The number of halogens is 1. The lowest BCUT2D eigenvalue weighted by Crippen LogP contribution is -2.24. The van der Waals surface area contributed by atoms with E-state index in [1.54, 1.807) is 18.2 Å². The van der Waals surface area contributed by atoms with Gasteiger partial charge in [0.1, 0.15) is 11.9 Å². The zero-order valence-electron chi connectivity index (χ0n) is 14.7. The molecule has 0 spiro atoms. The van der Waals surface area contributed by atoms with E-state index < -0.39 is 5.97 Å². The van der Waals surface area contributed by atoms with Gasteiger partial charge in [-0.2, -0.15) is 0 Å². The summed E-state index contributed by atoms with van der Waals surface area (Å²) in [6.07, 6.45) is 1.94. The molecule has 0 amide bonds. The van der Waals surface area contributed by atoms with Gasteiger partial charge in [0.15, 0.2) is 0 Å². The van der Waals surface area contributed by atoms with Crippen LogP contribution >= 0.6 is 0 Å². The molecule has 4 nitrogen and oxygen atoms in total. The SMILES string of the molecule is CCCC(OC(=O)CCC(=O)OCCc1ccccc1F)C(C)C. The van der Waals surface area contributed by atoms with Crippen molar-refractivity contribution in [2.75, 3.05) is 6.61 Å². The molecular formula is C19H27FO4. The van der Waals surface area contributed by atoms with Gasteiger partial charge >= 0.3 is 11.9 Å².